The lowest BCUT2D eigenvalue weighted by atomic mass is 9.40. The van der Waals surface area contributed by atoms with Crippen molar-refractivity contribution in [3.05, 3.63) is 30.3 Å². The molecule has 4 fully saturated rings. The Bertz CT molecular complexity index is 577. The van der Waals surface area contributed by atoms with E-state index in [2.05, 4.69) is 58.9 Å². The van der Waals surface area contributed by atoms with Crippen LogP contribution < -0.4 is 5.46 Å². The van der Waals surface area contributed by atoms with Gasteiger partial charge in [-0.3, -0.25) is 0 Å². The van der Waals surface area contributed by atoms with Crippen LogP contribution >= 0.6 is 0 Å². The number of rotatable bonds is 1. The molecule has 0 spiro atoms. The second-order valence-corrected chi connectivity index (χ2v) is 9.07. The molecule has 22 heavy (non-hydrogen) atoms. The molecule has 0 aromatic heterocycles. The molecular formula is C19H27BO2. The van der Waals surface area contributed by atoms with E-state index in [4.69, 9.17) is 9.31 Å². The van der Waals surface area contributed by atoms with Crippen LogP contribution in [0.15, 0.2) is 30.3 Å². The fourth-order valence-electron chi connectivity index (χ4n) is 5.41. The molecule has 1 saturated heterocycles. The van der Waals surface area contributed by atoms with E-state index < -0.39 is 0 Å². The van der Waals surface area contributed by atoms with Gasteiger partial charge in [-0.2, -0.15) is 0 Å². The highest BCUT2D eigenvalue weighted by atomic mass is 16.7. The lowest BCUT2D eigenvalue weighted by Crippen LogP contribution is -2.71. The van der Waals surface area contributed by atoms with Crippen molar-refractivity contribution in [2.75, 3.05) is 0 Å². The molecule has 0 amide bonds. The number of benzene rings is 1. The van der Waals surface area contributed by atoms with Crippen LogP contribution in [0.25, 0.3) is 0 Å². The topological polar surface area (TPSA) is 18.5 Å². The normalized spacial score (nSPS) is 39.3. The first-order chi connectivity index (χ1) is 10.3. The summed E-state index contributed by atoms with van der Waals surface area (Å²) in [5.74, 6) is 1.38. The summed E-state index contributed by atoms with van der Waals surface area (Å²) in [4.78, 5) is 0. The first-order valence-electron chi connectivity index (χ1n) is 8.65. The van der Waals surface area contributed by atoms with E-state index >= 15 is 0 Å². The Hall–Kier alpha value is -0.795. The Balaban J connectivity index is 1.75. The van der Waals surface area contributed by atoms with Gasteiger partial charge in [0.2, 0.25) is 0 Å². The Kier molecular flexibility index (Phi) is 2.95. The van der Waals surface area contributed by atoms with Crippen LogP contribution in [-0.4, -0.2) is 18.8 Å². The average molecular weight is 298 g/mol. The van der Waals surface area contributed by atoms with Gasteiger partial charge < -0.3 is 9.31 Å². The summed E-state index contributed by atoms with van der Waals surface area (Å²) in [6, 6.07) is 10.4. The van der Waals surface area contributed by atoms with Gasteiger partial charge in [0.05, 0.1) is 11.7 Å². The molecule has 1 aromatic carbocycles. The summed E-state index contributed by atoms with van der Waals surface area (Å²) in [6.45, 7) is 11.8. The van der Waals surface area contributed by atoms with Crippen LogP contribution in [0.2, 0.25) is 0 Å². The van der Waals surface area contributed by atoms with Crippen LogP contribution in [0, 0.1) is 22.7 Å². The third-order valence-electron chi connectivity index (χ3n) is 6.80. The summed E-state index contributed by atoms with van der Waals surface area (Å²) in [6.07, 6.45) is 2.67. The van der Waals surface area contributed by atoms with Crippen molar-refractivity contribution >= 4 is 12.6 Å². The maximum absolute atomic E-state index is 6.77. The predicted molar refractivity (Wildman–Crippen MR) is 90.0 cm³/mol. The van der Waals surface area contributed by atoms with Crippen molar-refractivity contribution in [2.45, 2.75) is 59.2 Å². The summed E-state index contributed by atoms with van der Waals surface area (Å²) in [7, 11) is -0.208. The van der Waals surface area contributed by atoms with E-state index in [0.29, 0.717) is 11.3 Å². The van der Waals surface area contributed by atoms with Gasteiger partial charge in [-0.1, -0.05) is 65.0 Å². The van der Waals surface area contributed by atoms with Crippen molar-refractivity contribution in [1.82, 2.24) is 0 Å². The Labute approximate surface area is 134 Å². The summed E-state index contributed by atoms with van der Waals surface area (Å²) >= 11 is 0. The quantitative estimate of drug-likeness (QED) is 0.737. The molecule has 0 unspecified atom stereocenters. The van der Waals surface area contributed by atoms with Crippen molar-refractivity contribution in [2.24, 2.45) is 22.7 Å². The SMILES string of the molecule is CC1(C)[C@H]2C[C@@H]3OB(c4ccccc4)O[C@]3(C(C)(C)C)[C@@H]1C2. The minimum atomic E-state index is -0.208. The van der Waals surface area contributed by atoms with Crippen LogP contribution in [0.3, 0.4) is 0 Å². The zero-order valence-electron chi connectivity index (χ0n) is 14.4. The molecule has 3 heteroatoms. The molecule has 4 atom stereocenters. The summed E-state index contributed by atoms with van der Waals surface area (Å²) < 4.78 is 13.2. The fourth-order valence-corrected chi connectivity index (χ4v) is 5.41. The van der Waals surface area contributed by atoms with Crippen molar-refractivity contribution < 1.29 is 9.31 Å². The predicted octanol–water partition coefficient (Wildman–Crippen LogP) is 3.65. The molecule has 0 radical (unpaired) electrons. The second-order valence-electron chi connectivity index (χ2n) is 9.07. The molecule has 0 N–H and O–H groups in total. The van der Waals surface area contributed by atoms with E-state index in [1.165, 1.54) is 6.42 Å². The molecule has 1 aliphatic heterocycles. The monoisotopic (exact) mass is 298 g/mol. The van der Waals surface area contributed by atoms with Crippen molar-refractivity contribution in [3.63, 3.8) is 0 Å². The number of hydrogen-bond donors (Lipinski definition) is 0. The van der Waals surface area contributed by atoms with Gasteiger partial charge in [-0.25, -0.2) is 0 Å². The van der Waals surface area contributed by atoms with E-state index in [-0.39, 0.29) is 24.2 Å². The summed E-state index contributed by atoms with van der Waals surface area (Å²) in [5.41, 5.74) is 1.44. The van der Waals surface area contributed by atoms with E-state index in [9.17, 15) is 0 Å². The van der Waals surface area contributed by atoms with Gasteiger partial charge in [0.1, 0.15) is 0 Å². The molecule has 4 aliphatic rings. The Morgan fingerprint density at radius 1 is 1.09 bits per heavy atom. The maximum atomic E-state index is 6.77. The molecular weight excluding hydrogens is 271 g/mol. The molecule has 2 bridgehead atoms. The zero-order valence-corrected chi connectivity index (χ0v) is 14.4. The minimum absolute atomic E-state index is 0.0779. The third-order valence-corrected chi connectivity index (χ3v) is 6.80. The van der Waals surface area contributed by atoms with Crippen LogP contribution in [-0.2, 0) is 9.31 Å². The highest BCUT2D eigenvalue weighted by Gasteiger charge is 2.73. The smallest absolute Gasteiger partial charge is 0.401 e. The lowest BCUT2D eigenvalue weighted by Gasteiger charge is -2.68. The molecule has 2 nitrogen and oxygen atoms in total. The highest BCUT2D eigenvalue weighted by molar-refractivity contribution is 6.62. The number of hydrogen-bond acceptors (Lipinski definition) is 2. The van der Waals surface area contributed by atoms with Crippen LogP contribution in [0.5, 0.6) is 0 Å². The van der Waals surface area contributed by atoms with Crippen LogP contribution in [0.4, 0.5) is 0 Å². The van der Waals surface area contributed by atoms with Gasteiger partial charge in [-0.15, -0.1) is 0 Å². The first-order valence-corrected chi connectivity index (χ1v) is 8.65. The molecule has 3 aliphatic carbocycles. The third kappa shape index (κ3) is 1.70. The minimum Gasteiger partial charge on any atom is -0.401 e. The maximum Gasteiger partial charge on any atom is 0.494 e. The van der Waals surface area contributed by atoms with Gasteiger partial charge >= 0.3 is 7.12 Å². The Morgan fingerprint density at radius 2 is 1.77 bits per heavy atom. The van der Waals surface area contributed by atoms with Gasteiger partial charge in [0.25, 0.3) is 0 Å². The second kappa shape index (κ2) is 4.39. The Morgan fingerprint density at radius 3 is 2.36 bits per heavy atom. The van der Waals surface area contributed by atoms with Crippen LogP contribution in [0.1, 0.15) is 47.5 Å². The molecule has 118 valence electrons. The fraction of sp³-hybridized carbons (Fsp3) is 0.684. The van der Waals surface area contributed by atoms with E-state index in [1.807, 2.05) is 6.07 Å². The molecule has 1 aromatic rings. The molecule has 3 saturated carbocycles. The van der Waals surface area contributed by atoms with Gasteiger partial charge in [-0.05, 0) is 41.0 Å². The molecule has 5 rings (SSSR count). The standard InChI is InChI=1S/C19H27BO2/c1-17(2,3)19-15-11-13(18(15,4)5)12-16(19)21-20(22-19)14-9-7-6-8-10-14/h6-10,13,15-16H,11-12H2,1-5H3/t13-,15-,16+,19-/m1/s1. The molecule has 1 heterocycles. The van der Waals surface area contributed by atoms with Gasteiger partial charge in [0, 0.05) is 0 Å². The highest BCUT2D eigenvalue weighted by Crippen LogP contribution is 2.69. The van der Waals surface area contributed by atoms with Gasteiger partial charge in [0.15, 0.2) is 0 Å². The first kappa shape index (κ1) is 14.8. The van der Waals surface area contributed by atoms with E-state index in [0.717, 1.165) is 17.8 Å². The van der Waals surface area contributed by atoms with Crippen molar-refractivity contribution in [3.8, 4) is 0 Å². The largest absolute Gasteiger partial charge is 0.494 e. The lowest BCUT2D eigenvalue weighted by molar-refractivity contribution is -0.245. The van der Waals surface area contributed by atoms with Crippen molar-refractivity contribution in [1.29, 1.82) is 0 Å². The average Bonchev–Trinajstić information content (AvgIpc) is 2.88. The summed E-state index contributed by atoms with van der Waals surface area (Å²) in [5, 5.41) is 0. The zero-order chi connectivity index (χ0) is 15.8. The van der Waals surface area contributed by atoms with E-state index in [1.54, 1.807) is 0 Å².